The maximum absolute atomic E-state index is 12.5. The predicted octanol–water partition coefficient (Wildman–Crippen LogP) is 3.24. The van der Waals surface area contributed by atoms with E-state index in [0.717, 1.165) is 5.56 Å². The number of halogens is 1. The number of pyridine rings is 1. The SMILES string of the molecule is COc1ccc(Br)c(C(=O)NCc2nccnc2-c2cccnc2)c1. The first kappa shape index (κ1) is 17.0. The zero-order valence-electron chi connectivity index (χ0n) is 13.4. The minimum Gasteiger partial charge on any atom is -0.497 e. The summed E-state index contributed by atoms with van der Waals surface area (Å²) in [5.74, 6) is 0.387. The molecule has 0 aliphatic rings. The van der Waals surface area contributed by atoms with E-state index in [1.54, 1.807) is 50.1 Å². The third kappa shape index (κ3) is 4.00. The Morgan fingerprint density at radius 1 is 1.20 bits per heavy atom. The molecule has 3 rings (SSSR count). The monoisotopic (exact) mass is 398 g/mol. The van der Waals surface area contributed by atoms with E-state index < -0.39 is 0 Å². The summed E-state index contributed by atoms with van der Waals surface area (Å²) >= 11 is 3.39. The van der Waals surface area contributed by atoms with Crippen LogP contribution < -0.4 is 10.1 Å². The van der Waals surface area contributed by atoms with E-state index in [0.29, 0.717) is 27.2 Å². The topological polar surface area (TPSA) is 77.0 Å². The number of hydrogen-bond acceptors (Lipinski definition) is 5. The second-order valence-corrected chi connectivity index (χ2v) is 5.98. The second kappa shape index (κ2) is 7.85. The fourth-order valence-corrected chi connectivity index (χ4v) is 2.73. The molecule has 2 aromatic heterocycles. The zero-order chi connectivity index (χ0) is 17.6. The van der Waals surface area contributed by atoms with E-state index >= 15 is 0 Å². The van der Waals surface area contributed by atoms with Crippen molar-refractivity contribution >= 4 is 21.8 Å². The van der Waals surface area contributed by atoms with Crippen molar-refractivity contribution in [2.75, 3.05) is 7.11 Å². The Balaban J connectivity index is 1.80. The van der Waals surface area contributed by atoms with Gasteiger partial charge in [-0.25, -0.2) is 0 Å². The fraction of sp³-hybridized carbons (Fsp3) is 0.111. The number of carbonyl (C=O) groups is 1. The first-order chi connectivity index (χ1) is 12.2. The van der Waals surface area contributed by atoms with Crippen molar-refractivity contribution in [3.05, 3.63) is 70.8 Å². The number of rotatable bonds is 5. The molecule has 7 heteroatoms. The van der Waals surface area contributed by atoms with Crippen LogP contribution in [0.4, 0.5) is 0 Å². The molecule has 0 bridgehead atoms. The van der Waals surface area contributed by atoms with Gasteiger partial charge in [-0.05, 0) is 46.3 Å². The Morgan fingerprint density at radius 3 is 2.80 bits per heavy atom. The van der Waals surface area contributed by atoms with Crippen LogP contribution in [-0.2, 0) is 6.54 Å². The molecule has 0 spiro atoms. The number of nitrogens with one attached hydrogen (secondary N) is 1. The number of methoxy groups -OCH3 is 1. The Morgan fingerprint density at radius 2 is 2.04 bits per heavy atom. The van der Waals surface area contributed by atoms with Gasteiger partial charge in [0.15, 0.2) is 0 Å². The highest BCUT2D eigenvalue weighted by molar-refractivity contribution is 9.10. The van der Waals surface area contributed by atoms with Crippen molar-refractivity contribution in [1.29, 1.82) is 0 Å². The Bertz CT molecular complexity index is 887. The molecule has 1 aromatic carbocycles. The molecule has 6 nitrogen and oxygen atoms in total. The first-order valence-corrected chi connectivity index (χ1v) is 8.30. The van der Waals surface area contributed by atoms with Crippen LogP contribution in [0.3, 0.4) is 0 Å². The Labute approximate surface area is 153 Å². The molecule has 2 heterocycles. The van der Waals surface area contributed by atoms with Gasteiger partial charge in [0.1, 0.15) is 5.75 Å². The molecule has 0 atom stereocenters. The molecule has 0 saturated heterocycles. The van der Waals surface area contributed by atoms with Gasteiger partial charge in [0, 0.05) is 34.8 Å². The summed E-state index contributed by atoms with van der Waals surface area (Å²) in [4.78, 5) is 25.3. The van der Waals surface area contributed by atoms with Gasteiger partial charge in [-0.15, -0.1) is 0 Å². The van der Waals surface area contributed by atoms with Crippen LogP contribution >= 0.6 is 15.9 Å². The highest BCUT2D eigenvalue weighted by atomic mass is 79.9. The molecule has 126 valence electrons. The second-order valence-electron chi connectivity index (χ2n) is 5.12. The fourth-order valence-electron chi connectivity index (χ4n) is 2.30. The summed E-state index contributed by atoms with van der Waals surface area (Å²) in [6.07, 6.45) is 6.63. The van der Waals surface area contributed by atoms with Crippen molar-refractivity contribution in [2.24, 2.45) is 0 Å². The largest absolute Gasteiger partial charge is 0.497 e. The molecular formula is C18H15BrN4O2. The molecule has 1 N–H and O–H groups in total. The summed E-state index contributed by atoms with van der Waals surface area (Å²) in [6.45, 7) is 0.251. The smallest absolute Gasteiger partial charge is 0.252 e. The summed E-state index contributed by atoms with van der Waals surface area (Å²) in [5.41, 5.74) is 2.71. The molecule has 0 aliphatic heterocycles. The lowest BCUT2D eigenvalue weighted by atomic mass is 10.1. The number of benzene rings is 1. The van der Waals surface area contributed by atoms with Crippen molar-refractivity contribution in [2.45, 2.75) is 6.54 Å². The van der Waals surface area contributed by atoms with Gasteiger partial charge < -0.3 is 10.1 Å². The highest BCUT2D eigenvalue weighted by Crippen LogP contribution is 2.23. The number of amides is 1. The summed E-state index contributed by atoms with van der Waals surface area (Å²) in [5, 5.41) is 2.87. The number of nitrogens with zero attached hydrogens (tertiary/aromatic N) is 3. The van der Waals surface area contributed by atoms with Gasteiger partial charge >= 0.3 is 0 Å². The van der Waals surface area contributed by atoms with Crippen LogP contribution in [-0.4, -0.2) is 28.0 Å². The van der Waals surface area contributed by atoms with E-state index in [1.165, 1.54) is 0 Å². The van der Waals surface area contributed by atoms with E-state index in [-0.39, 0.29) is 12.5 Å². The summed E-state index contributed by atoms with van der Waals surface area (Å²) < 4.78 is 5.86. The van der Waals surface area contributed by atoms with Crippen molar-refractivity contribution in [3.63, 3.8) is 0 Å². The van der Waals surface area contributed by atoms with Gasteiger partial charge in [0.25, 0.3) is 5.91 Å². The summed E-state index contributed by atoms with van der Waals surface area (Å²) in [6, 6.07) is 8.97. The highest BCUT2D eigenvalue weighted by Gasteiger charge is 2.13. The van der Waals surface area contributed by atoms with Gasteiger partial charge in [-0.3, -0.25) is 19.7 Å². The van der Waals surface area contributed by atoms with E-state index in [4.69, 9.17) is 4.74 Å². The van der Waals surface area contributed by atoms with Crippen LogP contribution in [0.2, 0.25) is 0 Å². The van der Waals surface area contributed by atoms with Crippen LogP contribution in [0, 0.1) is 0 Å². The maximum atomic E-state index is 12.5. The molecule has 0 fully saturated rings. The summed E-state index contributed by atoms with van der Waals surface area (Å²) in [7, 11) is 1.56. The van der Waals surface area contributed by atoms with Crippen LogP contribution in [0.1, 0.15) is 16.1 Å². The van der Waals surface area contributed by atoms with Crippen LogP contribution in [0.25, 0.3) is 11.3 Å². The third-order valence-corrected chi connectivity index (χ3v) is 4.24. The van der Waals surface area contributed by atoms with Crippen LogP contribution in [0.15, 0.2) is 59.6 Å². The van der Waals surface area contributed by atoms with Gasteiger partial charge in [-0.2, -0.15) is 0 Å². The molecule has 3 aromatic rings. The molecule has 0 radical (unpaired) electrons. The van der Waals surface area contributed by atoms with Crippen molar-refractivity contribution < 1.29 is 9.53 Å². The zero-order valence-corrected chi connectivity index (χ0v) is 15.0. The Hall–Kier alpha value is -2.80. The molecule has 0 unspecified atom stereocenters. The van der Waals surface area contributed by atoms with Gasteiger partial charge in [0.2, 0.25) is 0 Å². The number of aromatic nitrogens is 3. The average Bonchev–Trinajstić information content (AvgIpc) is 2.67. The van der Waals surface area contributed by atoms with Crippen molar-refractivity contribution in [3.8, 4) is 17.0 Å². The Kier molecular flexibility index (Phi) is 5.35. The predicted molar refractivity (Wildman–Crippen MR) is 97.1 cm³/mol. The van der Waals surface area contributed by atoms with E-state index in [9.17, 15) is 4.79 Å². The van der Waals surface area contributed by atoms with Gasteiger partial charge in [-0.1, -0.05) is 0 Å². The molecule has 0 aliphatic carbocycles. The van der Waals surface area contributed by atoms with Crippen molar-refractivity contribution in [1.82, 2.24) is 20.3 Å². The lowest BCUT2D eigenvalue weighted by Gasteiger charge is -2.10. The normalized spacial score (nSPS) is 10.3. The minimum atomic E-state index is -0.228. The first-order valence-electron chi connectivity index (χ1n) is 7.51. The van der Waals surface area contributed by atoms with Crippen LogP contribution in [0.5, 0.6) is 5.75 Å². The molecule has 1 amide bonds. The quantitative estimate of drug-likeness (QED) is 0.713. The standard InChI is InChI=1S/C18H15BrN4O2/c1-25-13-4-5-15(19)14(9-13)18(24)23-11-16-17(22-8-7-21-16)12-3-2-6-20-10-12/h2-10H,11H2,1H3,(H,23,24). The molecule has 25 heavy (non-hydrogen) atoms. The average molecular weight is 399 g/mol. The lowest BCUT2D eigenvalue weighted by molar-refractivity contribution is 0.0949. The minimum absolute atomic E-state index is 0.228. The number of hydrogen-bond donors (Lipinski definition) is 1. The molecule has 0 saturated carbocycles. The number of carbonyl (C=O) groups excluding carboxylic acids is 1. The lowest BCUT2D eigenvalue weighted by Crippen LogP contribution is -2.24. The maximum Gasteiger partial charge on any atom is 0.252 e. The molecular weight excluding hydrogens is 384 g/mol. The van der Waals surface area contributed by atoms with E-state index in [1.807, 2.05) is 12.1 Å². The third-order valence-electron chi connectivity index (χ3n) is 3.54. The van der Waals surface area contributed by atoms with Gasteiger partial charge in [0.05, 0.1) is 30.6 Å². The van der Waals surface area contributed by atoms with E-state index in [2.05, 4.69) is 36.2 Å². The number of ether oxygens (including phenoxy) is 1.